The number of benzene rings is 1. The highest BCUT2D eigenvalue weighted by molar-refractivity contribution is 5.40. The SMILES string of the molecule is Cc1ccc2c(c1)CC(CNCCC1CCCC(C)C1)O2. The quantitative estimate of drug-likeness (QED) is 0.823. The second kappa shape index (κ2) is 6.83. The van der Waals surface area contributed by atoms with Gasteiger partial charge < -0.3 is 10.1 Å². The van der Waals surface area contributed by atoms with E-state index in [4.69, 9.17) is 4.74 Å². The first-order valence-corrected chi connectivity index (χ1v) is 8.67. The van der Waals surface area contributed by atoms with E-state index in [1.807, 2.05) is 0 Å². The first-order valence-electron chi connectivity index (χ1n) is 8.67. The van der Waals surface area contributed by atoms with E-state index in [1.165, 1.54) is 43.2 Å². The number of rotatable bonds is 5. The zero-order valence-corrected chi connectivity index (χ0v) is 13.5. The average molecular weight is 287 g/mol. The van der Waals surface area contributed by atoms with Gasteiger partial charge >= 0.3 is 0 Å². The maximum Gasteiger partial charge on any atom is 0.123 e. The third-order valence-corrected chi connectivity index (χ3v) is 5.10. The van der Waals surface area contributed by atoms with Gasteiger partial charge in [-0.15, -0.1) is 0 Å². The Kier molecular flexibility index (Phi) is 4.84. The van der Waals surface area contributed by atoms with Crippen LogP contribution in [-0.2, 0) is 6.42 Å². The molecule has 0 amide bonds. The van der Waals surface area contributed by atoms with Crippen molar-refractivity contribution < 1.29 is 4.74 Å². The van der Waals surface area contributed by atoms with Crippen molar-refractivity contribution in [2.75, 3.05) is 13.1 Å². The van der Waals surface area contributed by atoms with Crippen LogP contribution in [0.15, 0.2) is 18.2 Å². The van der Waals surface area contributed by atoms with E-state index in [9.17, 15) is 0 Å². The first-order chi connectivity index (χ1) is 10.2. The van der Waals surface area contributed by atoms with Crippen molar-refractivity contribution in [3.63, 3.8) is 0 Å². The maximum atomic E-state index is 6.01. The molecule has 0 saturated heterocycles. The van der Waals surface area contributed by atoms with Crippen LogP contribution in [0.2, 0.25) is 0 Å². The Bertz CT molecular complexity index is 471. The van der Waals surface area contributed by atoms with Crippen LogP contribution in [0.25, 0.3) is 0 Å². The zero-order chi connectivity index (χ0) is 14.7. The number of nitrogens with one attached hydrogen (secondary N) is 1. The number of aryl methyl sites for hydroxylation is 1. The standard InChI is InChI=1S/C19H29NO/c1-14-4-3-5-16(10-14)8-9-20-13-18-12-17-11-15(2)6-7-19(17)21-18/h6-7,11,14,16,18,20H,3-5,8-10,12-13H2,1-2H3. The number of hydrogen-bond acceptors (Lipinski definition) is 2. The Morgan fingerprint density at radius 3 is 3.05 bits per heavy atom. The van der Waals surface area contributed by atoms with Crippen molar-refractivity contribution in [1.82, 2.24) is 5.32 Å². The summed E-state index contributed by atoms with van der Waals surface area (Å²) in [5, 5.41) is 3.61. The molecule has 0 spiro atoms. The predicted octanol–water partition coefficient (Wildman–Crippen LogP) is 4.10. The Labute approximate surface area is 129 Å². The number of ether oxygens (including phenoxy) is 1. The van der Waals surface area contributed by atoms with E-state index < -0.39 is 0 Å². The molecule has 2 nitrogen and oxygen atoms in total. The van der Waals surface area contributed by atoms with Crippen LogP contribution >= 0.6 is 0 Å². The van der Waals surface area contributed by atoms with Crippen molar-refractivity contribution in [3.8, 4) is 5.75 Å². The summed E-state index contributed by atoms with van der Waals surface area (Å²) in [6, 6.07) is 6.52. The molecule has 2 heteroatoms. The van der Waals surface area contributed by atoms with Crippen LogP contribution in [0.5, 0.6) is 5.75 Å². The minimum absolute atomic E-state index is 0.326. The van der Waals surface area contributed by atoms with Gasteiger partial charge in [0.05, 0.1) is 0 Å². The molecule has 3 atom stereocenters. The second-order valence-corrected chi connectivity index (χ2v) is 7.19. The predicted molar refractivity (Wildman–Crippen MR) is 87.9 cm³/mol. The lowest BCUT2D eigenvalue weighted by Crippen LogP contribution is -2.31. The fourth-order valence-corrected chi connectivity index (χ4v) is 3.95. The third kappa shape index (κ3) is 4.00. The monoisotopic (exact) mass is 287 g/mol. The van der Waals surface area contributed by atoms with Crippen molar-refractivity contribution in [1.29, 1.82) is 0 Å². The Morgan fingerprint density at radius 2 is 2.19 bits per heavy atom. The van der Waals surface area contributed by atoms with Crippen LogP contribution in [0.1, 0.15) is 50.2 Å². The molecule has 116 valence electrons. The summed E-state index contributed by atoms with van der Waals surface area (Å²) in [5.41, 5.74) is 2.71. The smallest absolute Gasteiger partial charge is 0.123 e. The van der Waals surface area contributed by atoms with Crippen molar-refractivity contribution in [3.05, 3.63) is 29.3 Å². The normalized spacial score (nSPS) is 28.2. The van der Waals surface area contributed by atoms with Crippen LogP contribution in [-0.4, -0.2) is 19.2 Å². The fraction of sp³-hybridized carbons (Fsp3) is 0.684. The van der Waals surface area contributed by atoms with Crippen LogP contribution in [0, 0.1) is 18.8 Å². The molecular weight excluding hydrogens is 258 g/mol. The zero-order valence-electron chi connectivity index (χ0n) is 13.5. The molecule has 0 aromatic heterocycles. The summed E-state index contributed by atoms with van der Waals surface area (Å²) >= 11 is 0. The highest BCUT2D eigenvalue weighted by atomic mass is 16.5. The van der Waals surface area contributed by atoms with Gasteiger partial charge in [0.2, 0.25) is 0 Å². The highest BCUT2D eigenvalue weighted by Gasteiger charge is 2.23. The Hall–Kier alpha value is -1.02. The molecule has 1 aromatic carbocycles. The minimum Gasteiger partial charge on any atom is -0.488 e. The lowest BCUT2D eigenvalue weighted by molar-refractivity contribution is 0.221. The highest BCUT2D eigenvalue weighted by Crippen LogP contribution is 2.31. The van der Waals surface area contributed by atoms with Crippen LogP contribution in [0.3, 0.4) is 0 Å². The maximum absolute atomic E-state index is 6.01. The van der Waals surface area contributed by atoms with Gasteiger partial charge in [0.15, 0.2) is 0 Å². The van der Waals surface area contributed by atoms with Gasteiger partial charge in [-0.2, -0.15) is 0 Å². The lowest BCUT2D eigenvalue weighted by atomic mass is 9.81. The van der Waals surface area contributed by atoms with Gasteiger partial charge in [-0.05, 0) is 49.8 Å². The topological polar surface area (TPSA) is 21.3 Å². The van der Waals surface area contributed by atoms with Gasteiger partial charge in [-0.1, -0.05) is 43.9 Å². The molecule has 0 radical (unpaired) electrons. The largest absolute Gasteiger partial charge is 0.488 e. The molecule has 2 aliphatic rings. The van der Waals surface area contributed by atoms with Gasteiger partial charge in [0.1, 0.15) is 11.9 Å². The molecule has 1 saturated carbocycles. The summed E-state index contributed by atoms with van der Waals surface area (Å²) in [7, 11) is 0. The molecule has 1 aliphatic carbocycles. The van der Waals surface area contributed by atoms with Crippen LogP contribution in [0.4, 0.5) is 0 Å². The summed E-state index contributed by atoms with van der Waals surface area (Å²) < 4.78 is 6.01. The van der Waals surface area contributed by atoms with Gasteiger partial charge in [-0.3, -0.25) is 0 Å². The number of fused-ring (bicyclic) bond motifs is 1. The summed E-state index contributed by atoms with van der Waals surface area (Å²) in [5.74, 6) is 2.98. The van der Waals surface area contributed by atoms with Crippen molar-refractivity contribution in [2.45, 2.75) is 58.5 Å². The third-order valence-electron chi connectivity index (χ3n) is 5.10. The molecule has 3 unspecified atom stereocenters. The molecule has 0 bridgehead atoms. The molecule has 1 heterocycles. The molecule has 1 N–H and O–H groups in total. The average Bonchev–Trinajstić information content (AvgIpc) is 2.85. The van der Waals surface area contributed by atoms with Gasteiger partial charge in [0.25, 0.3) is 0 Å². The van der Waals surface area contributed by atoms with Gasteiger partial charge in [0, 0.05) is 13.0 Å². The number of hydrogen-bond donors (Lipinski definition) is 1. The van der Waals surface area contributed by atoms with Crippen LogP contribution < -0.4 is 10.1 Å². The molecule has 3 rings (SSSR count). The summed E-state index contributed by atoms with van der Waals surface area (Å²) in [4.78, 5) is 0. The molecule has 1 fully saturated rings. The Balaban J connectivity index is 1.36. The van der Waals surface area contributed by atoms with Crippen molar-refractivity contribution in [2.24, 2.45) is 11.8 Å². The Morgan fingerprint density at radius 1 is 1.29 bits per heavy atom. The minimum atomic E-state index is 0.326. The fourth-order valence-electron chi connectivity index (χ4n) is 3.95. The van der Waals surface area contributed by atoms with Crippen molar-refractivity contribution >= 4 is 0 Å². The lowest BCUT2D eigenvalue weighted by Gasteiger charge is -2.26. The van der Waals surface area contributed by atoms with E-state index in [1.54, 1.807) is 0 Å². The molecular formula is C19H29NO. The second-order valence-electron chi connectivity index (χ2n) is 7.19. The molecule has 1 aliphatic heterocycles. The molecule has 1 aromatic rings. The van der Waals surface area contributed by atoms with E-state index in [2.05, 4.69) is 37.4 Å². The first kappa shape index (κ1) is 14.9. The van der Waals surface area contributed by atoms with E-state index in [0.29, 0.717) is 6.10 Å². The summed E-state index contributed by atoms with van der Waals surface area (Å²) in [6.45, 7) is 6.69. The van der Waals surface area contributed by atoms with Gasteiger partial charge in [-0.25, -0.2) is 0 Å². The van der Waals surface area contributed by atoms with E-state index in [-0.39, 0.29) is 0 Å². The van der Waals surface area contributed by atoms with E-state index >= 15 is 0 Å². The summed E-state index contributed by atoms with van der Waals surface area (Å²) in [6.07, 6.45) is 8.48. The molecule has 21 heavy (non-hydrogen) atoms. The van der Waals surface area contributed by atoms with E-state index in [0.717, 1.165) is 37.1 Å².